The number of carbonyl (C=O) groups excluding carboxylic acids is 2. The summed E-state index contributed by atoms with van der Waals surface area (Å²) in [5, 5.41) is 4.06. The number of carbonyl (C=O) groups is 2. The molecule has 0 atom stereocenters. The standard InChI is InChI=1S/C20H17ClF2N4O2/c1-12(20(29)26-10-19(28)25-11-26)5-18(13-6-15(22)9-16(23)7-13)27(24)17-4-2-3-14(21)8-17/h2-9H,1,10-11,24H2,(H,25,28)/b18-5-. The summed E-state index contributed by atoms with van der Waals surface area (Å²) < 4.78 is 27.6. The maximum Gasteiger partial charge on any atom is 0.255 e. The zero-order valence-corrected chi connectivity index (χ0v) is 15.9. The molecule has 0 saturated carbocycles. The smallest absolute Gasteiger partial charge is 0.255 e. The lowest BCUT2D eigenvalue weighted by molar-refractivity contribution is -0.127. The highest BCUT2D eigenvalue weighted by Crippen LogP contribution is 2.28. The Labute approximate surface area is 170 Å². The summed E-state index contributed by atoms with van der Waals surface area (Å²) in [6.45, 7) is 3.68. The van der Waals surface area contributed by atoms with E-state index in [1.165, 1.54) is 11.0 Å². The first-order valence-electron chi connectivity index (χ1n) is 8.48. The monoisotopic (exact) mass is 418 g/mol. The molecular formula is C20H17ClF2N4O2. The van der Waals surface area contributed by atoms with E-state index in [0.29, 0.717) is 10.7 Å². The zero-order valence-electron chi connectivity index (χ0n) is 15.2. The van der Waals surface area contributed by atoms with Crippen molar-refractivity contribution < 1.29 is 18.4 Å². The van der Waals surface area contributed by atoms with Crippen LogP contribution in [-0.4, -0.2) is 29.9 Å². The van der Waals surface area contributed by atoms with E-state index in [9.17, 15) is 18.4 Å². The third kappa shape index (κ3) is 4.79. The zero-order chi connectivity index (χ0) is 21.1. The Morgan fingerprint density at radius 3 is 2.52 bits per heavy atom. The van der Waals surface area contributed by atoms with Gasteiger partial charge in [0.05, 0.1) is 18.1 Å². The number of hydrazine groups is 1. The van der Waals surface area contributed by atoms with Crippen molar-refractivity contribution in [1.29, 1.82) is 0 Å². The van der Waals surface area contributed by atoms with Crippen LogP contribution in [0.3, 0.4) is 0 Å². The second-order valence-electron chi connectivity index (χ2n) is 6.32. The Balaban J connectivity index is 2.02. The normalized spacial score (nSPS) is 14.0. The highest BCUT2D eigenvalue weighted by molar-refractivity contribution is 6.30. The lowest BCUT2D eigenvalue weighted by Crippen LogP contribution is -2.32. The van der Waals surface area contributed by atoms with Crippen LogP contribution in [0.4, 0.5) is 14.5 Å². The van der Waals surface area contributed by atoms with E-state index >= 15 is 0 Å². The van der Waals surface area contributed by atoms with E-state index < -0.39 is 17.5 Å². The second kappa shape index (κ2) is 8.42. The Kier molecular flexibility index (Phi) is 5.95. The molecule has 0 radical (unpaired) electrons. The van der Waals surface area contributed by atoms with E-state index in [0.717, 1.165) is 23.2 Å². The molecule has 1 heterocycles. The fourth-order valence-electron chi connectivity index (χ4n) is 2.80. The lowest BCUT2D eigenvalue weighted by atomic mass is 10.1. The molecule has 29 heavy (non-hydrogen) atoms. The van der Waals surface area contributed by atoms with Gasteiger partial charge in [-0.2, -0.15) is 0 Å². The van der Waals surface area contributed by atoms with Crippen molar-refractivity contribution in [2.45, 2.75) is 0 Å². The Morgan fingerprint density at radius 2 is 1.93 bits per heavy atom. The molecule has 0 unspecified atom stereocenters. The van der Waals surface area contributed by atoms with Crippen molar-refractivity contribution in [3.63, 3.8) is 0 Å². The van der Waals surface area contributed by atoms with Crippen LogP contribution in [0.15, 0.2) is 60.7 Å². The number of hydrogen-bond acceptors (Lipinski definition) is 4. The minimum atomic E-state index is -0.809. The van der Waals surface area contributed by atoms with Crippen molar-refractivity contribution in [2.24, 2.45) is 5.84 Å². The Bertz CT molecular complexity index is 1010. The predicted octanol–water partition coefficient (Wildman–Crippen LogP) is 2.81. The molecule has 0 aliphatic carbocycles. The fraction of sp³-hybridized carbons (Fsp3) is 0.100. The van der Waals surface area contributed by atoms with Crippen LogP contribution < -0.4 is 16.2 Å². The molecular weight excluding hydrogens is 402 g/mol. The SMILES string of the molecule is C=C(/C=C(/c1cc(F)cc(F)c1)N(N)c1cccc(Cl)c1)C(=O)N1CNC(=O)C1. The molecule has 1 saturated heterocycles. The van der Waals surface area contributed by atoms with Gasteiger partial charge in [-0.3, -0.25) is 14.6 Å². The fourth-order valence-corrected chi connectivity index (χ4v) is 2.99. The quantitative estimate of drug-likeness (QED) is 0.339. The van der Waals surface area contributed by atoms with Crippen LogP contribution in [0.5, 0.6) is 0 Å². The van der Waals surface area contributed by atoms with Crippen molar-refractivity contribution in [3.05, 3.63) is 82.9 Å². The first kappa shape index (κ1) is 20.5. The van der Waals surface area contributed by atoms with Crippen LogP contribution in [0, 0.1) is 11.6 Å². The molecule has 150 valence electrons. The van der Waals surface area contributed by atoms with E-state index in [1.807, 2.05) is 0 Å². The van der Waals surface area contributed by atoms with Crippen molar-refractivity contribution >= 4 is 34.8 Å². The molecule has 0 spiro atoms. The van der Waals surface area contributed by atoms with Crippen molar-refractivity contribution in [1.82, 2.24) is 10.2 Å². The molecule has 9 heteroatoms. The van der Waals surface area contributed by atoms with Crippen LogP contribution in [0.1, 0.15) is 5.56 Å². The summed E-state index contributed by atoms with van der Waals surface area (Å²) in [5.41, 5.74) is 0.613. The molecule has 3 N–H and O–H groups in total. The van der Waals surface area contributed by atoms with Gasteiger partial charge in [-0.1, -0.05) is 24.2 Å². The summed E-state index contributed by atoms with van der Waals surface area (Å²) in [6.07, 6.45) is 1.31. The second-order valence-corrected chi connectivity index (χ2v) is 6.76. The number of nitrogens with two attached hydrogens (primary N) is 1. The van der Waals surface area contributed by atoms with Gasteiger partial charge in [0.2, 0.25) is 5.91 Å². The third-order valence-corrected chi connectivity index (χ3v) is 4.41. The van der Waals surface area contributed by atoms with Gasteiger partial charge >= 0.3 is 0 Å². The molecule has 3 rings (SSSR count). The topological polar surface area (TPSA) is 78.7 Å². The maximum absolute atomic E-state index is 13.8. The molecule has 1 aliphatic rings. The third-order valence-electron chi connectivity index (χ3n) is 4.18. The van der Waals surface area contributed by atoms with E-state index in [2.05, 4.69) is 11.9 Å². The number of anilines is 1. The minimum absolute atomic E-state index is 0.0151. The first-order chi connectivity index (χ1) is 13.7. The van der Waals surface area contributed by atoms with Crippen molar-refractivity contribution in [3.8, 4) is 0 Å². The molecule has 0 aromatic heterocycles. The van der Waals surface area contributed by atoms with Crippen LogP contribution in [-0.2, 0) is 9.59 Å². The van der Waals surface area contributed by atoms with Gasteiger partial charge in [0.1, 0.15) is 18.2 Å². The molecule has 2 aromatic carbocycles. The van der Waals surface area contributed by atoms with Crippen LogP contribution in [0.2, 0.25) is 5.02 Å². The summed E-state index contributed by atoms with van der Waals surface area (Å²) in [5.74, 6) is 3.77. The van der Waals surface area contributed by atoms with Gasteiger partial charge in [0.25, 0.3) is 5.91 Å². The molecule has 1 fully saturated rings. The summed E-state index contributed by atoms with van der Waals surface area (Å²) in [6, 6.07) is 9.38. The summed E-state index contributed by atoms with van der Waals surface area (Å²) in [4.78, 5) is 25.2. The van der Waals surface area contributed by atoms with Crippen molar-refractivity contribution in [2.75, 3.05) is 18.2 Å². The number of amides is 2. The highest BCUT2D eigenvalue weighted by atomic mass is 35.5. The summed E-state index contributed by atoms with van der Waals surface area (Å²) in [7, 11) is 0. The first-order valence-corrected chi connectivity index (χ1v) is 8.86. The van der Waals surface area contributed by atoms with Gasteiger partial charge in [-0.15, -0.1) is 0 Å². The number of hydrogen-bond donors (Lipinski definition) is 2. The lowest BCUT2D eigenvalue weighted by Gasteiger charge is -2.24. The Hall–Kier alpha value is -3.23. The average Bonchev–Trinajstić information content (AvgIpc) is 3.10. The van der Waals surface area contributed by atoms with Crippen LogP contribution in [0.25, 0.3) is 5.70 Å². The highest BCUT2D eigenvalue weighted by Gasteiger charge is 2.25. The van der Waals surface area contributed by atoms with Gasteiger partial charge in [0.15, 0.2) is 0 Å². The molecule has 6 nitrogen and oxygen atoms in total. The number of benzene rings is 2. The van der Waals surface area contributed by atoms with Gasteiger partial charge in [-0.25, -0.2) is 14.6 Å². The average molecular weight is 419 g/mol. The molecule has 2 aromatic rings. The van der Waals surface area contributed by atoms with E-state index in [4.69, 9.17) is 17.4 Å². The largest absolute Gasteiger partial charge is 0.337 e. The predicted molar refractivity (Wildman–Crippen MR) is 106 cm³/mol. The molecule has 1 aliphatic heterocycles. The van der Waals surface area contributed by atoms with Gasteiger partial charge < -0.3 is 10.2 Å². The van der Waals surface area contributed by atoms with E-state index in [1.54, 1.807) is 24.3 Å². The Morgan fingerprint density at radius 1 is 1.24 bits per heavy atom. The maximum atomic E-state index is 13.8. The van der Waals surface area contributed by atoms with Crippen LogP contribution >= 0.6 is 11.6 Å². The number of rotatable bonds is 5. The van der Waals surface area contributed by atoms with Gasteiger partial charge in [0, 0.05) is 22.2 Å². The van der Waals surface area contributed by atoms with Gasteiger partial charge in [-0.05, 0) is 36.4 Å². The molecule has 2 amide bonds. The number of nitrogens with one attached hydrogen (secondary N) is 1. The summed E-state index contributed by atoms with van der Waals surface area (Å²) >= 11 is 6.01. The van der Waals surface area contributed by atoms with E-state index in [-0.39, 0.29) is 36.0 Å². The number of nitrogens with zero attached hydrogens (tertiary/aromatic N) is 2. The minimum Gasteiger partial charge on any atom is -0.337 e. The number of halogens is 3. The molecule has 0 bridgehead atoms.